The lowest BCUT2D eigenvalue weighted by Crippen LogP contribution is -2.37. The summed E-state index contributed by atoms with van der Waals surface area (Å²) in [4.78, 5) is 30.0. The minimum atomic E-state index is -1.16. The lowest BCUT2D eigenvalue weighted by Gasteiger charge is -2.21. The van der Waals surface area contributed by atoms with Crippen LogP contribution < -0.4 is 19.5 Å². The first-order valence-corrected chi connectivity index (χ1v) is 15.8. The van der Waals surface area contributed by atoms with Crippen LogP contribution in [-0.4, -0.2) is 59.0 Å². The number of oxazole rings is 1. The summed E-state index contributed by atoms with van der Waals surface area (Å²) in [7, 11) is 1.53. The van der Waals surface area contributed by atoms with Crippen molar-refractivity contribution >= 4 is 12.1 Å². The van der Waals surface area contributed by atoms with Crippen molar-refractivity contribution in [1.82, 2.24) is 15.2 Å². The van der Waals surface area contributed by atoms with Crippen LogP contribution in [0.3, 0.4) is 0 Å². The number of carbonyl (C=O) groups is 2. The van der Waals surface area contributed by atoms with Gasteiger partial charge in [-0.2, -0.15) is 0 Å². The van der Waals surface area contributed by atoms with E-state index in [1.807, 2.05) is 68.4 Å². The predicted octanol–water partition coefficient (Wildman–Crippen LogP) is 6.87. The molecule has 0 aliphatic heterocycles. The van der Waals surface area contributed by atoms with Gasteiger partial charge in [-0.1, -0.05) is 61.5 Å². The number of hydrogen-bond donors (Lipinski definition) is 3. The minimum absolute atomic E-state index is 0.0153. The zero-order valence-electron chi connectivity index (χ0n) is 27.8. The number of phenolic OH excluding ortho intramolecular Hbond substituents is 1. The number of phenols is 1. The lowest BCUT2D eigenvalue weighted by atomic mass is 10.2. The summed E-state index contributed by atoms with van der Waals surface area (Å²) in [5.41, 5.74) is 3.28. The summed E-state index contributed by atoms with van der Waals surface area (Å²) in [5, 5.41) is 21.8. The van der Waals surface area contributed by atoms with E-state index in [0.29, 0.717) is 41.7 Å². The zero-order chi connectivity index (χ0) is 35.0. The Morgan fingerprint density at radius 3 is 2.20 bits per heavy atom. The summed E-state index contributed by atoms with van der Waals surface area (Å²) in [6.45, 7) is 5.33. The first-order valence-electron chi connectivity index (χ1n) is 15.8. The molecule has 1 amide bonds. The van der Waals surface area contributed by atoms with Crippen LogP contribution in [-0.2, 0) is 24.3 Å². The molecule has 0 radical (unpaired) electrons. The molecular formula is C38H41N3O8. The van der Waals surface area contributed by atoms with Crippen molar-refractivity contribution in [2.45, 2.75) is 33.4 Å². The van der Waals surface area contributed by atoms with Crippen LogP contribution in [0.2, 0.25) is 0 Å². The maximum Gasteiger partial charge on any atom is 0.416 e. The smallest absolute Gasteiger partial charge is 0.416 e. The Balaban J connectivity index is 0.000000418. The normalized spacial score (nSPS) is 10.4. The number of aliphatic carboxylic acids is 1. The molecule has 0 aliphatic rings. The van der Waals surface area contributed by atoms with Crippen LogP contribution in [0, 0.1) is 6.92 Å². The molecule has 0 saturated carbocycles. The maximum atomic E-state index is 12.8. The number of carboxylic acid groups (broad SMARTS) is 1. The van der Waals surface area contributed by atoms with Crippen LogP contribution >= 0.6 is 0 Å². The molecule has 0 saturated heterocycles. The van der Waals surface area contributed by atoms with E-state index < -0.39 is 18.6 Å². The van der Waals surface area contributed by atoms with Crippen molar-refractivity contribution in [3.63, 3.8) is 0 Å². The van der Waals surface area contributed by atoms with Crippen LogP contribution in [0.5, 0.6) is 23.0 Å². The van der Waals surface area contributed by atoms with Gasteiger partial charge in [-0.25, -0.2) is 9.78 Å². The molecule has 5 aromatic rings. The van der Waals surface area contributed by atoms with Crippen molar-refractivity contribution in [3.05, 3.63) is 126 Å². The second kappa shape index (κ2) is 18.5. The monoisotopic (exact) mass is 667 g/mol. The molecule has 11 nitrogen and oxygen atoms in total. The Kier molecular flexibility index (Phi) is 13.6. The van der Waals surface area contributed by atoms with Crippen LogP contribution in [0.1, 0.15) is 29.5 Å². The standard InChI is InChI=1S/C29H28N2O7.C9H13NO/c1-20-25(30-28(37-20)21-8-4-3-5-9-21)16-17-36-26-11-7-6-10-22(26)18-31(19-27(32)33)29(34)38-24-14-12-23(35-2)13-15-24;1-2-10-7-8-5-3-4-6-9(8)11/h3-15H,16-19H2,1-2H3,(H,32,33);3-6,10-11H,2,7H2,1H3. The third kappa shape index (κ3) is 11.1. The molecule has 4 aromatic carbocycles. The Labute approximate surface area is 285 Å². The van der Waals surface area contributed by atoms with Crippen molar-refractivity contribution in [2.75, 3.05) is 26.8 Å². The second-order valence-electron chi connectivity index (χ2n) is 10.8. The molecule has 0 spiro atoms. The summed E-state index contributed by atoms with van der Waals surface area (Å²) in [6, 6.07) is 30.6. The SMILES string of the molecule is CCNCc1ccccc1O.COc1ccc(OC(=O)N(CC(=O)O)Cc2ccccc2OCCc2nc(-c3ccccc3)oc2C)cc1. The van der Waals surface area contributed by atoms with Gasteiger partial charge in [-0.15, -0.1) is 0 Å². The highest BCUT2D eigenvalue weighted by atomic mass is 16.6. The second-order valence-corrected chi connectivity index (χ2v) is 10.8. The van der Waals surface area contributed by atoms with E-state index in [9.17, 15) is 19.8 Å². The number of benzene rings is 4. The number of aromatic nitrogens is 1. The van der Waals surface area contributed by atoms with E-state index in [1.54, 1.807) is 48.5 Å². The molecular weight excluding hydrogens is 626 g/mol. The molecule has 1 aromatic heterocycles. The molecule has 1 heterocycles. The van der Waals surface area contributed by atoms with E-state index in [4.69, 9.17) is 18.6 Å². The van der Waals surface area contributed by atoms with Gasteiger partial charge >= 0.3 is 12.1 Å². The van der Waals surface area contributed by atoms with Gasteiger partial charge < -0.3 is 34.2 Å². The number of methoxy groups -OCH3 is 1. The highest BCUT2D eigenvalue weighted by Gasteiger charge is 2.21. The predicted molar refractivity (Wildman–Crippen MR) is 185 cm³/mol. The van der Waals surface area contributed by atoms with E-state index in [1.165, 1.54) is 7.11 Å². The molecule has 0 fully saturated rings. The van der Waals surface area contributed by atoms with Crippen LogP contribution in [0.15, 0.2) is 108 Å². The first kappa shape index (κ1) is 36.0. The fraction of sp³-hybridized carbons (Fsp3) is 0.237. The Bertz CT molecular complexity index is 1770. The largest absolute Gasteiger partial charge is 0.508 e. The van der Waals surface area contributed by atoms with Gasteiger partial charge in [0.05, 0.1) is 26.0 Å². The van der Waals surface area contributed by atoms with Gasteiger partial charge in [0.1, 0.15) is 35.3 Å². The third-order valence-corrected chi connectivity index (χ3v) is 7.25. The Hall–Kier alpha value is -5.81. The van der Waals surface area contributed by atoms with Gasteiger partial charge in [0, 0.05) is 29.7 Å². The quantitative estimate of drug-likeness (QED) is 0.115. The van der Waals surface area contributed by atoms with Crippen LogP contribution in [0.25, 0.3) is 11.5 Å². The van der Waals surface area contributed by atoms with Crippen LogP contribution in [0.4, 0.5) is 4.79 Å². The Morgan fingerprint density at radius 1 is 0.878 bits per heavy atom. The number of rotatable bonds is 14. The van der Waals surface area contributed by atoms with Crippen molar-refractivity contribution in [1.29, 1.82) is 0 Å². The number of para-hydroxylation sites is 2. The minimum Gasteiger partial charge on any atom is -0.508 e. The number of nitrogens with one attached hydrogen (secondary N) is 1. The molecule has 0 bridgehead atoms. The average molecular weight is 668 g/mol. The highest BCUT2D eigenvalue weighted by molar-refractivity contribution is 5.78. The maximum absolute atomic E-state index is 12.8. The van der Waals surface area contributed by atoms with E-state index in [2.05, 4.69) is 10.3 Å². The van der Waals surface area contributed by atoms with Gasteiger partial charge in [0.2, 0.25) is 5.89 Å². The highest BCUT2D eigenvalue weighted by Crippen LogP contribution is 2.24. The van der Waals surface area contributed by atoms with Crippen molar-refractivity contribution < 1.29 is 38.4 Å². The molecule has 11 heteroatoms. The summed E-state index contributed by atoms with van der Waals surface area (Å²) in [5.74, 6) is 1.89. The average Bonchev–Trinajstić information content (AvgIpc) is 3.49. The summed E-state index contributed by atoms with van der Waals surface area (Å²) in [6.07, 6.45) is -0.284. The number of nitrogens with zero attached hydrogens (tertiary/aromatic N) is 2. The van der Waals surface area contributed by atoms with E-state index in [-0.39, 0.29) is 12.3 Å². The van der Waals surface area contributed by atoms with Gasteiger partial charge in [0.15, 0.2) is 0 Å². The van der Waals surface area contributed by atoms with Gasteiger partial charge in [0.25, 0.3) is 0 Å². The number of hydrogen-bond acceptors (Lipinski definition) is 9. The summed E-state index contributed by atoms with van der Waals surface area (Å²) >= 11 is 0. The number of aryl methyl sites for hydroxylation is 1. The zero-order valence-corrected chi connectivity index (χ0v) is 27.8. The number of ether oxygens (including phenoxy) is 3. The van der Waals surface area contributed by atoms with Crippen molar-refractivity contribution in [3.8, 4) is 34.5 Å². The molecule has 256 valence electrons. The molecule has 0 aliphatic carbocycles. The van der Waals surface area contributed by atoms with E-state index >= 15 is 0 Å². The number of carbonyl (C=O) groups excluding carboxylic acids is 1. The van der Waals surface area contributed by atoms with Crippen molar-refractivity contribution in [2.24, 2.45) is 0 Å². The molecule has 5 rings (SSSR count). The molecule has 0 atom stereocenters. The molecule has 0 unspecified atom stereocenters. The fourth-order valence-electron chi connectivity index (χ4n) is 4.68. The van der Waals surface area contributed by atoms with E-state index in [0.717, 1.165) is 40.6 Å². The molecule has 3 N–H and O–H groups in total. The lowest BCUT2D eigenvalue weighted by molar-refractivity contribution is -0.138. The van der Waals surface area contributed by atoms with Gasteiger partial charge in [-0.3, -0.25) is 9.69 Å². The third-order valence-electron chi connectivity index (χ3n) is 7.25. The number of carboxylic acids is 1. The molecule has 49 heavy (non-hydrogen) atoms. The fourth-order valence-corrected chi connectivity index (χ4v) is 4.68. The number of amides is 1. The first-order chi connectivity index (χ1) is 23.8. The summed E-state index contributed by atoms with van der Waals surface area (Å²) < 4.78 is 22.3. The topological polar surface area (TPSA) is 144 Å². The van der Waals surface area contributed by atoms with Gasteiger partial charge in [-0.05, 0) is 62.0 Å². The number of aromatic hydroxyl groups is 1. The Morgan fingerprint density at radius 2 is 1.53 bits per heavy atom.